The molecule has 0 aliphatic heterocycles. The third kappa shape index (κ3) is 2.26. The van der Waals surface area contributed by atoms with E-state index in [4.69, 9.17) is 0 Å². The van der Waals surface area contributed by atoms with Gasteiger partial charge in [-0.05, 0) is 38.1 Å². The van der Waals surface area contributed by atoms with Crippen molar-refractivity contribution >= 4 is 0 Å². The second kappa shape index (κ2) is 4.26. The Morgan fingerprint density at radius 2 is 2.20 bits per heavy atom. The molecule has 0 aromatic heterocycles. The minimum absolute atomic E-state index is 0.0739. The van der Waals surface area contributed by atoms with Crippen LogP contribution in [0.25, 0.3) is 0 Å². The van der Waals surface area contributed by atoms with E-state index in [1.54, 1.807) is 0 Å². The molecule has 1 fully saturated rings. The van der Waals surface area contributed by atoms with Gasteiger partial charge in [0.25, 0.3) is 0 Å². The summed E-state index contributed by atoms with van der Waals surface area (Å²) >= 11 is 0. The van der Waals surface area contributed by atoms with Crippen molar-refractivity contribution < 1.29 is 5.11 Å². The van der Waals surface area contributed by atoms with E-state index >= 15 is 0 Å². The smallest absolute Gasteiger partial charge is 0.0621 e. The van der Waals surface area contributed by atoms with Gasteiger partial charge in [0.15, 0.2) is 0 Å². The Morgan fingerprint density at radius 3 is 2.73 bits per heavy atom. The second-order valence-electron chi connectivity index (χ2n) is 5.68. The fourth-order valence-corrected chi connectivity index (χ4v) is 2.60. The van der Waals surface area contributed by atoms with Gasteiger partial charge in [0, 0.05) is 11.5 Å². The lowest BCUT2D eigenvalue weighted by Gasteiger charge is -2.50. The zero-order valence-electron chi connectivity index (χ0n) is 9.87. The zero-order valence-corrected chi connectivity index (χ0v) is 9.87. The van der Waals surface area contributed by atoms with Gasteiger partial charge in [0.2, 0.25) is 0 Å². The van der Waals surface area contributed by atoms with Crippen molar-refractivity contribution in [3.05, 3.63) is 12.2 Å². The SMILES string of the molecule is CC1(C)C(O)CC1NCC1CC=CCC1. The molecule has 2 aliphatic rings. The van der Waals surface area contributed by atoms with Crippen LogP contribution >= 0.6 is 0 Å². The van der Waals surface area contributed by atoms with Crippen LogP contribution in [0.2, 0.25) is 0 Å². The van der Waals surface area contributed by atoms with Crippen molar-refractivity contribution in [3.63, 3.8) is 0 Å². The number of aliphatic hydroxyl groups is 1. The highest BCUT2D eigenvalue weighted by Gasteiger charge is 2.46. The fourth-order valence-electron chi connectivity index (χ4n) is 2.60. The molecule has 2 rings (SSSR count). The Labute approximate surface area is 92.8 Å². The molecule has 0 heterocycles. The van der Waals surface area contributed by atoms with Crippen molar-refractivity contribution in [1.82, 2.24) is 5.32 Å². The molecule has 0 radical (unpaired) electrons. The van der Waals surface area contributed by atoms with Crippen LogP contribution in [-0.2, 0) is 0 Å². The van der Waals surface area contributed by atoms with Crippen molar-refractivity contribution in [1.29, 1.82) is 0 Å². The Bertz CT molecular complexity index is 247. The molecule has 0 aromatic rings. The molecule has 2 heteroatoms. The van der Waals surface area contributed by atoms with Crippen LogP contribution in [0.4, 0.5) is 0 Å². The number of hydrogen-bond donors (Lipinski definition) is 2. The molecule has 0 aromatic carbocycles. The highest BCUT2D eigenvalue weighted by atomic mass is 16.3. The summed E-state index contributed by atoms with van der Waals surface area (Å²) in [4.78, 5) is 0. The molecular formula is C13H23NO. The summed E-state index contributed by atoms with van der Waals surface area (Å²) in [5, 5.41) is 13.2. The highest BCUT2D eigenvalue weighted by molar-refractivity contribution is 5.02. The Hall–Kier alpha value is -0.340. The summed E-state index contributed by atoms with van der Waals surface area (Å²) in [6.45, 7) is 5.42. The average Bonchev–Trinajstić information content (AvgIpc) is 2.25. The van der Waals surface area contributed by atoms with Crippen LogP contribution in [0.15, 0.2) is 12.2 Å². The molecule has 2 nitrogen and oxygen atoms in total. The molecule has 2 N–H and O–H groups in total. The number of allylic oxidation sites excluding steroid dienone is 2. The van der Waals surface area contributed by atoms with Gasteiger partial charge in [-0.3, -0.25) is 0 Å². The topological polar surface area (TPSA) is 32.3 Å². The third-order valence-electron chi connectivity index (χ3n) is 4.25. The Kier molecular flexibility index (Phi) is 3.17. The highest BCUT2D eigenvalue weighted by Crippen LogP contribution is 2.40. The van der Waals surface area contributed by atoms with Crippen LogP contribution in [0.1, 0.15) is 39.5 Å². The molecule has 3 atom stereocenters. The molecule has 15 heavy (non-hydrogen) atoms. The van der Waals surface area contributed by atoms with Crippen LogP contribution in [0.5, 0.6) is 0 Å². The van der Waals surface area contributed by atoms with Gasteiger partial charge in [0.05, 0.1) is 6.10 Å². The number of rotatable bonds is 3. The van der Waals surface area contributed by atoms with E-state index in [1.165, 1.54) is 19.3 Å². The van der Waals surface area contributed by atoms with Crippen molar-refractivity contribution in [3.8, 4) is 0 Å². The summed E-state index contributed by atoms with van der Waals surface area (Å²) < 4.78 is 0. The first-order chi connectivity index (χ1) is 7.10. The summed E-state index contributed by atoms with van der Waals surface area (Å²) in [6, 6.07) is 0.512. The maximum Gasteiger partial charge on any atom is 0.0621 e. The average molecular weight is 209 g/mol. The monoisotopic (exact) mass is 209 g/mol. The van der Waals surface area contributed by atoms with Gasteiger partial charge in [0.1, 0.15) is 0 Å². The molecule has 86 valence electrons. The standard InChI is InChI=1S/C13H23NO/c1-13(2)11(8-12(13)15)14-9-10-6-4-3-5-7-10/h3-4,10-12,14-15H,5-9H2,1-2H3. The van der Waals surface area contributed by atoms with E-state index < -0.39 is 0 Å². The molecule has 3 unspecified atom stereocenters. The second-order valence-corrected chi connectivity index (χ2v) is 5.68. The predicted octanol–water partition coefficient (Wildman–Crippen LogP) is 2.09. The van der Waals surface area contributed by atoms with E-state index in [1.807, 2.05) is 0 Å². The summed E-state index contributed by atoms with van der Waals surface area (Å²) in [5.74, 6) is 0.809. The lowest BCUT2D eigenvalue weighted by molar-refractivity contribution is -0.0733. The van der Waals surface area contributed by atoms with E-state index in [-0.39, 0.29) is 11.5 Å². The molecule has 0 saturated heterocycles. The van der Waals surface area contributed by atoms with Gasteiger partial charge in [-0.2, -0.15) is 0 Å². The molecule has 0 spiro atoms. The van der Waals surface area contributed by atoms with Crippen molar-refractivity contribution in [2.45, 2.75) is 51.7 Å². The first-order valence-electron chi connectivity index (χ1n) is 6.17. The fraction of sp³-hybridized carbons (Fsp3) is 0.846. The first-order valence-corrected chi connectivity index (χ1v) is 6.17. The van der Waals surface area contributed by atoms with Crippen LogP contribution < -0.4 is 5.32 Å². The maximum atomic E-state index is 9.63. The van der Waals surface area contributed by atoms with Gasteiger partial charge in [-0.25, -0.2) is 0 Å². The number of hydrogen-bond acceptors (Lipinski definition) is 2. The minimum atomic E-state index is -0.110. The number of nitrogens with one attached hydrogen (secondary N) is 1. The predicted molar refractivity (Wildman–Crippen MR) is 62.7 cm³/mol. The molecule has 1 saturated carbocycles. The normalized spacial score (nSPS) is 38.7. The van der Waals surface area contributed by atoms with Gasteiger partial charge in [-0.1, -0.05) is 26.0 Å². The largest absolute Gasteiger partial charge is 0.392 e. The third-order valence-corrected chi connectivity index (χ3v) is 4.25. The molecule has 0 bridgehead atoms. The number of aliphatic hydroxyl groups excluding tert-OH is 1. The van der Waals surface area contributed by atoms with Crippen LogP contribution in [0.3, 0.4) is 0 Å². The van der Waals surface area contributed by atoms with E-state index in [0.717, 1.165) is 18.9 Å². The maximum absolute atomic E-state index is 9.63. The zero-order chi connectivity index (χ0) is 10.9. The van der Waals surface area contributed by atoms with Crippen LogP contribution in [-0.4, -0.2) is 23.8 Å². The minimum Gasteiger partial charge on any atom is -0.392 e. The van der Waals surface area contributed by atoms with Gasteiger partial charge >= 0.3 is 0 Å². The van der Waals surface area contributed by atoms with Crippen molar-refractivity contribution in [2.24, 2.45) is 11.3 Å². The van der Waals surface area contributed by atoms with Crippen LogP contribution in [0, 0.1) is 11.3 Å². The van der Waals surface area contributed by atoms with E-state index in [2.05, 4.69) is 31.3 Å². The van der Waals surface area contributed by atoms with Crippen molar-refractivity contribution in [2.75, 3.05) is 6.54 Å². The first kappa shape index (κ1) is 11.2. The molecule has 0 amide bonds. The quantitative estimate of drug-likeness (QED) is 0.698. The molecular weight excluding hydrogens is 186 g/mol. The summed E-state index contributed by atoms with van der Waals surface area (Å²) in [7, 11) is 0. The molecule has 2 aliphatic carbocycles. The Morgan fingerprint density at radius 1 is 1.40 bits per heavy atom. The lowest BCUT2D eigenvalue weighted by Crippen LogP contribution is -2.60. The lowest BCUT2D eigenvalue weighted by atomic mass is 9.64. The van der Waals surface area contributed by atoms with Gasteiger partial charge < -0.3 is 10.4 Å². The van der Waals surface area contributed by atoms with Gasteiger partial charge in [-0.15, -0.1) is 0 Å². The summed E-state index contributed by atoms with van der Waals surface area (Å²) in [6.07, 6.45) is 9.19. The van der Waals surface area contributed by atoms with E-state index in [0.29, 0.717) is 6.04 Å². The van der Waals surface area contributed by atoms with E-state index in [9.17, 15) is 5.11 Å². The Balaban J connectivity index is 1.72. The summed E-state index contributed by atoms with van der Waals surface area (Å²) in [5.41, 5.74) is 0.0739.